The molecular formula is C15H19NOS. The predicted molar refractivity (Wildman–Crippen MR) is 77.2 cm³/mol. The standard InChI is InChI=1S/C15H19NOS/c1-2-17-14-5-3-4-13(10-14)15(16)7-6-12-8-9-18-11-12/h3-5,8-11,15H,2,6-7,16H2,1H3. The van der Waals surface area contributed by atoms with Crippen LogP contribution in [0.3, 0.4) is 0 Å². The van der Waals surface area contributed by atoms with Crippen molar-refractivity contribution in [2.75, 3.05) is 6.61 Å². The summed E-state index contributed by atoms with van der Waals surface area (Å²) in [6.45, 7) is 2.68. The molecule has 0 aliphatic rings. The van der Waals surface area contributed by atoms with Crippen LogP contribution in [0.4, 0.5) is 0 Å². The first kappa shape index (κ1) is 13.1. The number of thiophene rings is 1. The van der Waals surface area contributed by atoms with Crippen LogP contribution >= 0.6 is 11.3 Å². The third kappa shape index (κ3) is 3.59. The van der Waals surface area contributed by atoms with Crippen LogP contribution in [0.5, 0.6) is 5.75 Å². The molecule has 1 unspecified atom stereocenters. The van der Waals surface area contributed by atoms with Crippen LogP contribution in [-0.4, -0.2) is 6.61 Å². The number of nitrogens with two attached hydrogens (primary N) is 1. The minimum atomic E-state index is 0.0744. The fourth-order valence-corrected chi connectivity index (χ4v) is 2.63. The van der Waals surface area contributed by atoms with E-state index in [1.54, 1.807) is 11.3 Å². The number of hydrogen-bond donors (Lipinski definition) is 1. The van der Waals surface area contributed by atoms with E-state index in [2.05, 4.69) is 22.9 Å². The van der Waals surface area contributed by atoms with Crippen molar-refractivity contribution >= 4 is 11.3 Å². The largest absolute Gasteiger partial charge is 0.494 e. The molecule has 0 aliphatic carbocycles. The van der Waals surface area contributed by atoms with E-state index in [4.69, 9.17) is 10.5 Å². The number of rotatable bonds is 6. The summed E-state index contributed by atoms with van der Waals surface area (Å²) in [7, 11) is 0. The van der Waals surface area contributed by atoms with Gasteiger partial charge in [-0.3, -0.25) is 0 Å². The van der Waals surface area contributed by atoms with E-state index in [0.29, 0.717) is 6.61 Å². The van der Waals surface area contributed by atoms with Gasteiger partial charge in [-0.1, -0.05) is 12.1 Å². The van der Waals surface area contributed by atoms with Gasteiger partial charge in [0.05, 0.1) is 6.61 Å². The highest BCUT2D eigenvalue weighted by atomic mass is 32.1. The Morgan fingerprint density at radius 3 is 2.94 bits per heavy atom. The summed E-state index contributed by atoms with van der Waals surface area (Å²) in [6, 6.07) is 10.3. The minimum Gasteiger partial charge on any atom is -0.494 e. The molecule has 96 valence electrons. The second-order valence-electron chi connectivity index (χ2n) is 4.28. The van der Waals surface area contributed by atoms with Crippen LogP contribution < -0.4 is 10.5 Å². The first-order valence-electron chi connectivity index (χ1n) is 6.29. The van der Waals surface area contributed by atoms with Crippen LogP contribution in [0, 0.1) is 0 Å². The highest BCUT2D eigenvalue weighted by Gasteiger charge is 2.07. The average Bonchev–Trinajstić information content (AvgIpc) is 2.90. The maximum absolute atomic E-state index is 6.22. The molecule has 0 spiro atoms. The van der Waals surface area contributed by atoms with Gasteiger partial charge in [-0.15, -0.1) is 0 Å². The zero-order valence-corrected chi connectivity index (χ0v) is 11.5. The van der Waals surface area contributed by atoms with Gasteiger partial charge in [0.15, 0.2) is 0 Å². The topological polar surface area (TPSA) is 35.2 Å². The smallest absolute Gasteiger partial charge is 0.119 e. The zero-order valence-electron chi connectivity index (χ0n) is 10.6. The molecule has 1 heterocycles. The lowest BCUT2D eigenvalue weighted by molar-refractivity contribution is 0.339. The minimum absolute atomic E-state index is 0.0744. The van der Waals surface area contributed by atoms with E-state index < -0.39 is 0 Å². The molecule has 2 N–H and O–H groups in total. The molecule has 0 radical (unpaired) electrons. The van der Waals surface area contributed by atoms with Crippen LogP contribution in [0.1, 0.15) is 30.5 Å². The second-order valence-corrected chi connectivity index (χ2v) is 5.06. The number of benzene rings is 1. The average molecular weight is 261 g/mol. The van der Waals surface area contributed by atoms with Crippen molar-refractivity contribution in [3.8, 4) is 5.75 Å². The van der Waals surface area contributed by atoms with E-state index in [1.807, 2.05) is 25.1 Å². The molecular weight excluding hydrogens is 242 g/mol. The third-order valence-corrected chi connectivity index (χ3v) is 3.65. The van der Waals surface area contributed by atoms with Gasteiger partial charge in [-0.05, 0) is 59.9 Å². The summed E-state index contributed by atoms with van der Waals surface area (Å²) in [6.07, 6.45) is 2.00. The molecule has 0 bridgehead atoms. The second kappa shape index (κ2) is 6.57. The molecule has 1 aromatic carbocycles. The van der Waals surface area contributed by atoms with Crippen molar-refractivity contribution in [2.24, 2.45) is 5.73 Å². The molecule has 18 heavy (non-hydrogen) atoms. The lowest BCUT2D eigenvalue weighted by Crippen LogP contribution is -2.11. The van der Waals surface area contributed by atoms with Crippen molar-refractivity contribution in [1.29, 1.82) is 0 Å². The molecule has 0 amide bonds. The molecule has 1 atom stereocenters. The molecule has 2 rings (SSSR count). The van der Waals surface area contributed by atoms with E-state index in [-0.39, 0.29) is 6.04 Å². The highest BCUT2D eigenvalue weighted by molar-refractivity contribution is 7.07. The van der Waals surface area contributed by atoms with Gasteiger partial charge in [0.2, 0.25) is 0 Å². The molecule has 0 fully saturated rings. The maximum atomic E-state index is 6.22. The molecule has 1 aromatic heterocycles. The zero-order chi connectivity index (χ0) is 12.8. The Bertz CT molecular complexity index is 467. The Balaban J connectivity index is 1.95. The summed E-state index contributed by atoms with van der Waals surface area (Å²) in [5.41, 5.74) is 8.75. The molecule has 2 aromatic rings. The molecule has 0 aliphatic heterocycles. The van der Waals surface area contributed by atoms with Crippen molar-refractivity contribution < 1.29 is 4.74 Å². The SMILES string of the molecule is CCOc1cccc(C(N)CCc2ccsc2)c1. The molecule has 0 saturated heterocycles. The summed E-state index contributed by atoms with van der Waals surface area (Å²) in [4.78, 5) is 0. The van der Waals surface area contributed by atoms with Gasteiger partial charge in [-0.25, -0.2) is 0 Å². The Morgan fingerprint density at radius 2 is 2.22 bits per heavy atom. The number of hydrogen-bond acceptors (Lipinski definition) is 3. The Labute approximate surface area is 112 Å². The normalized spacial score (nSPS) is 12.3. The van der Waals surface area contributed by atoms with Gasteiger partial charge in [0, 0.05) is 6.04 Å². The van der Waals surface area contributed by atoms with Gasteiger partial charge >= 0.3 is 0 Å². The summed E-state index contributed by atoms with van der Waals surface area (Å²) >= 11 is 1.74. The van der Waals surface area contributed by atoms with E-state index >= 15 is 0 Å². The maximum Gasteiger partial charge on any atom is 0.119 e. The Hall–Kier alpha value is -1.32. The molecule has 2 nitrogen and oxygen atoms in total. The fourth-order valence-electron chi connectivity index (χ4n) is 1.93. The lowest BCUT2D eigenvalue weighted by atomic mass is 10.0. The summed E-state index contributed by atoms with van der Waals surface area (Å²) in [5.74, 6) is 0.904. The van der Waals surface area contributed by atoms with Crippen molar-refractivity contribution in [2.45, 2.75) is 25.8 Å². The molecule has 0 saturated carbocycles. The van der Waals surface area contributed by atoms with E-state index in [0.717, 1.165) is 24.2 Å². The van der Waals surface area contributed by atoms with Crippen molar-refractivity contribution in [3.05, 3.63) is 52.2 Å². The first-order chi connectivity index (χ1) is 8.79. The van der Waals surface area contributed by atoms with Crippen LogP contribution in [0.2, 0.25) is 0 Å². The lowest BCUT2D eigenvalue weighted by Gasteiger charge is -2.13. The van der Waals surface area contributed by atoms with Crippen LogP contribution in [0.25, 0.3) is 0 Å². The summed E-state index contributed by atoms with van der Waals surface area (Å²) < 4.78 is 5.49. The van der Waals surface area contributed by atoms with Gasteiger partial charge < -0.3 is 10.5 Å². The summed E-state index contributed by atoms with van der Waals surface area (Å²) in [5, 5.41) is 4.29. The number of aryl methyl sites for hydroxylation is 1. The molecule has 3 heteroatoms. The van der Waals surface area contributed by atoms with Crippen molar-refractivity contribution in [1.82, 2.24) is 0 Å². The van der Waals surface area contributed by atoms with E-state index in [9.17, 15) is 0 Å². The number of ether oxygens (including phenoxy) is 1. The van der Waals surface area contributed by atoms with Gasteiger partial charge in [0.1, 0.15) is 5.75 Å². The van der Waals surface area contributed by atoms with Gasteiger partial charge in [0.25, 0.3) is 0 Å². The monoisotopic (exact) mass is 261 g/mol. The van der Waals surface area contributed by atoms with Crippen LogP contribution in [-0.2, 0) is 6.42 Å². The first-order valence-corrected chi connectivity index (χ1v) is 7.23. The van der Waals surface area contributed by atoms with E-state index in [1.165, 1.54) is 5.56 Å². The predicted octanol–water partition coefficient (Wildman–Crippen LogP) is 3.78. The third-order valence-electron chi connectivity index (χ3n) is 2.92. The quantitative estimate of drug-likeness (QED) is 0.859. The Morgan fingerprint density at radius 1 is 1.33 bits per heavy atom. The van der Waals surface area contributed by atoms with Gasteiger partial charge in [-0.2, -0.15) is 11.3 Å². The van der Waals surface area contributed by atoms with Crippen molar-refractivity contribution in [3.63, 3.8) is 0 Å². The Kier molecular flexibility index (Phi) is 4.79. The van der Waals surface area contributed by atoms with Crippen LogP contribution in [0.15, 0.2) is 41.1 Å². The fraction of sp³-hybridized carbons (Fsp3) is 0.333. The highest BCUT2D eigenvalue weighted by Crippen LogP contribution is 2.22.